The predicted molar refractivity (Wildman–Crippen MR) is 93.0 cm³/mol. The lowest BCUT2D eigenvalue weighted by molar-refractivity contribution is 0.531. The summed E-state index contributed by atoms with van der Waals surface area (Å²) in [5, 5.41) is 0.472. The maximum absolute atomic E-state index is 2.47. The van der Waals surface area contributed by atoms with Crippen LogP contribution in [0.3, 0.4) is 0 Å². The summed E-state index contributed by atoms with van der Waals surface area (Å²) in [6, 6.07) is 10.8. The summed E-state index contributed by atoms with van der Waals surface area (Å²) in [6.07, 6.45) is 2.47. The molecule has 0 bridgehead atoms. The maximum atomic E-state index is 2.47. The van der Waals surface area contributed by atoms with Crippen LogP contribution in [0.15, 0.2) is 41.3 Å². The highest BCUT2D eigenvalue weighted by Crippen LogP contribution is 2.40. The molecule has 0 saturated carbocycles. The summed E-state index contributed by atoms with van der Waals surface area (Å²) in [5.74, 6) is 2.28. The lowest BCUT2D eigenvalue weighted by atomic mass is 9.94. The third-order valence-corrected chi connectivity index (χ3v) is 5.26. The van der Waals surface area contributed by atoms with E-state index < -0.39 is 0 Å². The molecular formula is C17H26S2. The molecule has 0 amide bonds. The molecule has 19 heavy (non-hydrogen) atoms. The van der Waals surface area contributed by atoms with Crippen LogP contribution in [-0.2, 0) is 0 Å². The molecule has 0 aromatic heterocycles. The van der Waals surface area contributed by atoms with Crippen LogP contribution in [0.5, 0.6) is 0 Å². The second-order valence-corrected chi connectivity index (χ2v) is 8.22. The molecule has 0 aliphatic rings. The van der Waals surface area contributed by atoms with Crippen LogP contribution in [0, 0.1) is 5.41 Å². The topological polar surface area (TPSA) is 0 Å². The minimum atomic E-state index is 0.238. The summed E-state index contributed by atoms with van der Waals surface area (Å²) in [7, 11) is 0. The van der Waals surface area contributed by atoms with Crippen molar-refractivity contribution in [2.24, 2.45) is 5.41 Å². The smallest absolute Gasteiger partial charge is 0.0487 e. The predicted octanol–water partition coefficient (Wildman–Crippen LogP) is 6.16. The lowest BCUT2D eigenvalue weighted by Gasteiger charge is -2.24. The summed E-state index contributed by atoms with van der Waals surface area (Å²) < 4.78 is 0. The van der Waals surface area contributed by atoms with Crippen LogP contribution in [0.25, 0.3) is 0 Å². The first kappa shape index (κ1) is 16.7. The fourth-order valence-electron chi connectivity index (χ4n) is 1.87. The van der Waals surface area contributed by atoms with Gasteiger partial charge in [-0.3, -0.25) is 0 Å². The number of hydrogen-bond donors (Lipinski definition) is 0. The zero-order chi connectivity index (χ0) is 14.3. The SMILES string of the molecule is CCS/C(=C/C(SCC)c1ccccc1)C(C)(C)C. The summed E-state index contributed by atoms with van der Waals surface area (Å²) >= 11 is 3.99. The number of benzene rings is 1. The van der Waals surface area contributed by atoms with Gasteiger partial charge in [-0.25, -0.2) is 0 Å². The third-order valence-electron chi connectivity index (χ3n) is 2.82. The van der Waals surface area contributed by atoms with Crippen molar-refractivity contribution in [1.29, 1.82) is 0 Å². The fourth-order valence-corrected chi connectivity index (χ4v) is 3.87. The molecule has 106 valence electrons. The van der Waals surface area contributed by atoms with E-state index in [-0.39, 0.29) is 5.41 Å². The monoisotopic (exact) mass is 294 g/mol. The molecule has 2 heteroatoms. The van der Waals surface area contributed by atoms with E-state index in [0.717, 1.165) is 11.5 Å². The number of thioether (sulfide) groups is 2. The Morgan fingerprint density at radius 1 is 1.11 bits per heavy atom. The van der Waals surface area contributed by atoms with E-state index in [2.05, 4.69) is 71.0 Å². The number of allylic oxidation sites excluding steroid dienone is 1. The zero-order valence-corrected chi connectivity index (χ0v) is 14.4. The van der Waals surface area contributed by atoms with Gasteiger partial charge in [0.2, 0.25) is 0 Å². The van der Waals surface area contributed by atoms with Crippen molar-refractivity contribution in [3.63, 3.8) is 0 Å². The molecule has 1 atom stereocenters. The van der Waals surface area contributed by atoms with Crippen molar-refractivity contribution >= 4 is 23.5 Å². The number of hydrogen-bond acceptors (Lipinski definition) is 2. The molecule has 0 aliphatic heterocycles. The largest absolute Gasteiger partial charge is 0.150 e. The van der Waals surface area contributed by atoms with Crippen molar-refractivity contribution in [3.8, 4) is 0 Å². The molecule has 0 fully saturated rings. The van der Waals surface area contributed by atoms with Crippen molar-refractivity contribution < 1.29 is 0 Å². The Balaban J connectivity index is 3.04. The Labute approximate surface area is 127 Å². The van der Waals surface area contributed by atoms with Gasteiger partial charge in [-0.05, 0) is 27.4 Å². The fraction of sp³-hybridized carbons (Fsp3) is 0.529. The molecule has 0 N–H and O–H groups in total. The first-order chi connectivity index (χ1) is 8.99. The maximum Gasteiger partial charge on any atom is 0.0487 e. The van der Waals surface area contributed by atoms with E-state index in [1.54, 1.807) is 0 Å². The lowest BCUT2D eigenvalue weighted by Crippen LogP contribution is -2.08. The second kappa shape index (κ2) is 8.06. The molecule has 0 aliphatic carbocycles. The minimum Gasteiger partial charge on any atom is -0.150 e. The Morgan fingerprint density at radius 3 is 2.21 bits per heavy atom. The molecule has 0 saturated heterocycles. The molecule has 0 nitrogen and oxygen atoms in total. The number of rotatable bonds is 6. The van der Waals surface area contributed by atoms with Gasteiger partial charge in [-0.15, -0.1) is 23.5 Å². The van der Waals surface area contributed by atoms with Gasteiger partial charge in [0.15, 0.2) is 0 Å². The normalized spacial score (nSPS) is 14.5. The second-order valence-electron chi connectivity index (χ2n) is 5.50. The van der Waals surface area contributed by atoms with E-state index in [1.807, 2.05) is 23.5 Å². The van der Waals surface area contributed by atoms with Gasteiger partial charge in [0.05, 0.1) is 0 Å². The standard InChI is InChI=1S/C17H26S2/c1-6-18-15(14-11-9-8-10-12-14)13-16(19-7-2)17(3,4)5/h8-13,15H,6-7H2,1-5H3/b16-13+. The van der Waals surface area contributed by atoms with Crippen LogP contribution in [0.2, 0.25) is 0 Å². The summed E-state index contributed by atoms with van der Waals surface area (Å²) in [6.45, 7) is 11.4. The van der Waals surface area contributed by atoms with Gasteiger partial charge in [-0.1, -0.05) is 71.0 Å². The van der Waals surface area contributed by atoms with Gasteiger partial charge in [0, 0.05) is 5.25 Å². The highest BCUT2D eigenvalue weighted by atomic mass is 32.2. The average Bonchev–Trinajstić information content (AvgIpc) is 2.37. The Bertz CT molecular complexity index is 387. The van der Waals surface area contributed by atoms with E-state index in [0.29, 0.717) is 5.25 Å². The van der Waals surface area contributed by atoms with Gasteiger partial charge < -0.3 is 0 Å². The molecule has 1 rings (SSSR count). The average molecular weight is 295 g/mol. The summed E-state index contributed by atoms with van der Waals surface area (Å²) in [4.78, 5) is 1.50. The first-order valence-electron chi connectivity index (χ1n) is 7.00. The Morgan fingerprint density at radius 2 is 1.74 bits per heavy atom. The Kier molecular flexibility index (Phi) is 7.09. The first-order valence-corrected chi connectivity index (χ1v) is 9.04. The van der Waals surface area contributed by atoms with Crippen molar-refractivity contribution in [3.05, 3.63) is 46.9 Å². The van der Waals surface area contributed by atoms with E-state index in [1.165, 1.54) is 10.5 Å². The minimum absolute atomic E-state index is 0.238. The van der Waals surface area contributed by atoms with Crippen LogP contribution >= 0.6 is 23.5 Å². The van der Waals surface area contributed by atoms with Gasteiger partial charge >= 0.3 is 0 Å². The third kappa shape index (κ3) is 5.66. The molecule has 1 aromatic carbocycles. The van der Waals surface area contributed by atoms with Crippen molar-refractivity contribution in [2.45, 2.75) is 39.9 Å². The Hall–Kier alpha value is -0.340. The van der Waals surface area contributed by atoms with Crippen molar-refractivity contribution in [1.82, 2.24) is 0 Å². The molecule has 0 heterocycles. The van der Waals surface area contributed by atoms with Crippen molar-refractivity contribution in [2.75, 3.05) is 11.5 Å². The van der Waals surface area contributed by atoms with Gasteiger partial charge in [0.1, 0.15) is 0 Å². The van der Waals surface area contributed by atoms with Gasteiger partial charge in [-0.2, -0.15) is 0 Å². The van der Waals surface area contributed by atoms with Crippen LogP contribution in [0.1, 0.15) is 45.4 Å². The zero-order valence-electron chi connectivity index (χ0n) is 12.8. The molecule has 1 unspecified atom stereocenters. The van der Waals surface area contributed by atoms with Crippen LogP contribution in [-0.4, -0.2) is 11.5 Å². The highest BCUT2D eigenvalue weighted by molar-refractivity contribution is 8.03. The molecule has 0 radical (unpaired) electrons. The molecule has 1 aromatic rings. The quantitative estimate of drug-likeness (QED) is 0.616. The molecule has 0 spiro atoms. The van der Waals surface area contributed by atoms with Crippen LogP contribution < -0.4 is 0 Å². The summed E-state index contributed by atoms with van der Waals surface area (Å²) in [5.41, 5.74) is 1.65. The van der Waals surface area contributed by atoms with E-state index >= 15 is 0 Å². The van der Waals surface area contributed by atoms with Gasteiger partial charge in [0.25, 0.3) is 0 Å². The highest BCUT2D eigenvalue weighted by Gasteiger charge is 2.19. The van der Waals surface area contributed by atoms with E-state index in [9.17, 15) is 0 Å². The molecular weight excluding hydrogens is 268 g/mol. The van der Waals surface area contributed by atoms with E-state index in [4.69, 9.17) is 0 Å². The van der Waals surface area contributed by atoms with Crippen LogP contribution in [0.4, 0.5) is 0 Å².